The molecule has 0 amide bonds. The second-order valence-corrected chi connectivity index (χ2v) is 4.31. The first-order valence-electron chi connectivity index (χ1n) is 2.89. The van der Waals surface area contributed by atoms with Crippen molar-refractivity contribution in [1.82, 2.24) is 0 Å². The van der Waals surface area contributed by atoms with E-state index >= 15 is 0 Å². The molecule has 1 heteroatoms. The van der Waals surface area contributed by atoms with Crippen LogP contribution in [0.25, 0.3) is 0 Å². The SMILES string of the molecule is C[I-]c1ccc(C)cc1. The Balaban J connectivity index is 2.88. The molecule has 0 aliphatic heterocycles. The predicted molar refractivity (Wildman–Crippen MR) is 35.8 cm³/mol. The molecule has 0 unspecified atom stereocenters. The number of rotatable bonds is 1. The molecule has 0 aliphatic rings. The van der Waals surface area contributed by atoms with E-state index in [1.165, 1.54) is 9.13 Å². The van der Waals surface area contributed by atoms with Crippen LogP contribution in [0.5, 0.6) is 0 Å². The molecule has 0 saturated carbocycles. The van der Waals surface area contributed by atoms with Crippen LogP contribution in [0.15, 0.2) is 24.3 Å². The molecule has 0 aromatic heterocycles. The van der Waals surface area contributed by atoms with Gasteiger partial charge in [-0.2, -0.15) is 0 Å². The van der Waals surface area contributed by atoms with E-state index in [2.05, 4.69) is 36.1 Å². The maximum absolute atomic E-state index is 2.28. The summed E-state index contributed by atoms with van der Waals surface area (Å²) < 4.78 is 1.53. The van der Waals surface area contributed by atoms with Crippen molar-refractivity contribution in [3.05, 3.63) is 33.4 Å². The zero-order valence-electron chi connectivity index (χ0n) is 5.69. The van der Waals surface area contributed by atoms with E-state index in [0.717, 1.165) is 0 Å². The van der Waals surface area contributed by atoms with Crippen molar-refractivity contribution in [2.24, 2.45) is 0 Å². The standard InChI is InChI=1S/C8H10I/c1-7-3-5-8(9-2)6-4-7/h3-6H,1-2H3/q-1. The molecule has 1 rings (SSSR count). The summed E-state index contributed by atoms with van der Waals surface area (Å²) in [5, 5.41) is 0. The van der Waals surface area contributed by atoms with Crippen molar-refractivity contribution < 1.29 is 21.2 Å². The van der Waals surface area contributed by atoms with Gasteiger partial charge in [0, 0.05) is 0 Å². The number of alkyl halides is 1. The monoisotopic (exact) mass is 233 g/mol. The zero-order chi connectivity index (χ0) is 6.69. The summed E-state index contributed by atoms with van der Waals surface area (Å²) in [7, 11) is 0. The number of hydrogen-bond donors (Lipinski definition) is 0. The zero-order valence-corrected chi connectivity index (χ0v) is 7.84. The normalized spacial score (nSPS) is 10.0. The van der Waals surface area contributed by atoms with Gasteiger partial charge < -0.3 is 0 Å². The summed E-state index contributed by atoms with van der Waals surface area (Å²) in [5.74, 6) is 0. The number of halogens is 1. The van der Waals surface area contributed by atoms with Gasteiger partial charge in [-0.25, -0.2) is 0 Å². The molecule has 0 atom stereocenters. The van der Waals surface area contributed by atoms with Crippen LogP contribution >= 0.6 is 0 Å². The second-order valence-electron chi connectivity index (χ2n) is 1.98. The van der Waals surface area contributed by atoms with E-state index in [9.17, 15) is 0 Å². The van der Waals surface area contributed by atoms with Crippen molar-refractivity contribution in [3.8, 4) is 0 Å². The van der Waals surface area contributed by atoms with Gasteiger partial charge in [0.1, 0.15) is 0 Å². The average molecular weight is 233 g/mol. The molecule has 0 fully saturated rings. The Morgan fingerprint density at radius 3 is 2.11 bits per heavy atom. The summed E-state index contributed by atoms with van der Waals surface area (Å²) in [4.78, 5) is 2.28. The summed E-state index contributed by atoms with van der Waals surface area (Å²) in [6.45, 7) is 2.12. The van der Waals surface area contributed by atoms with E-state index < -0.39 is 0 Å². The molecule has 1 aromatic rings. The fourth-order valence-electron chi connectivity index (χ4n) is 0.659. The van der Waals surface area contributed by atoms with Crippen LogP contribution in [0.4, 0.5) is 0 Å². The first-order chi connectivity index (χ1) is 4.33. The average Bonchev–Trinajstić information content (AvgIpc) is 1.90. The summed E-state index contributed by atoms with van der Waals surface area (Å²) >= 11 is 0.297. The maximum atomic E-state index is 2.28. The van der Waals surface area contributed by atoms with E-state index in [4.69, 9.17) is 0 Å². The third-order valence-electron chi connectivity index (χ3n) is 1.23. The third kappa shape index (κ3) is 1.97. The van der Waals surface area contributed by atoms with E-state index in [-0.39, 0.29) is 0 Å². The van der Waals surface area contributed by atoms with Gasteiger partial charge in [0.25, 0.3) is 0 Å². The summed E-state index contributed by atoms with van der Waals surface area (Å²) in [6, 6.07) is 8.81. The van der Waals surface area contributed by atoms with E-state index in [1.807, 2.05) is 0 Å². The Hall–Kier alpha value is -0.0500. The molecule has 1 aromatic carbocycles. The fraction of sp³-hybridized carbons (Fsp3) is 0.250. The predicted octanol–water partition coefficient (Wildman–Crippen LogP) is -1.12. The van der Waals surface area contributed by atoms with Crippen LogP contribution < -0.4 is 21.2 Å². The Kier molecular flexibility index (Phi) is 2.51. The van der Waals surface area contributed by atoms with Crippen LogP contribution in [-0.2, 0) is 0 Å². The van der Waals surface area contributed by atoms with Crippen LogP contribution in [-0.4, -0.2) is 4.93 Å². The molecule has 0 aliphatic carbocycles. The molecular weight excluding hydrogens is 223 g/mol. The van der Waals surface area contributed by atoms with Gasteiger partial charge in [0.15, 0.2) is 0 Å². The molecular formula is C8H10I-. The van der Waals surface area contributed by atoms with Crippen LogP contribution in [0, 0.1) is 10.5 Å². The van der Waals surface area contributed by atoms with Crippen molar-refractivity contribution in [1.29, 1.82) is 0 Å². The third-order valence-corrected chi connectivity index (χ3v) is 3.19. The first kappa shape index (κ1) is 7.06. The first-order valence-corrected chi connectivity index (χ1v) is 6.12. The van der Waals surface area contributed by atoms with Gasteiger partial charge in [-0.3, -0.25) is 0 Å². The van der Waals surface area contributed by atoms with E-state index in [0.29, 0.717) is 21.2 Å². The molecule has 0 nitrogen and oxygen atoms in total. The Labute approximate surface area is 66.5 Å². The van der Waals surface area contributed by atoms with Gasteiger partial charge in [0.2, 0.25) is 0 Å². The number of hydrogen-bond acceptors (Lipinski definition) is 0. The Morgan fingerprint density at radius 2 is 1.67 bits per heavy atom. The molecule has 50 valence electrons. The molecule has 0 bridgehead atoms. The molecule has 0 N–H and O–H groups in total. The minimum atomic E-state index is 0.297. The molecule has 0 heterocycles. The molecule has 0 radical (unpaired) electrons. The van der Waals surface area contributed by atoms with Crippen LogP contribution in [0.2, 0.25) is 0 Å². The number of aryl methyl sites for hydroxylation is 1. The summed E-state index contributed by atoms with van der Waals surface area (Å²) in [5.41, 5.74) is 1.36. The van der Waals surface area contributed by atoms with Gasteiger partial charge in [-0.1, -0.05) is 0 Å². The Morgan fingerprint density at radius 1 is 1.11 bits per heavy atom. The Bertz CT molecular complexity index is 176. The minimum absolute atomic E-state index is 0.297. The van der Waals surface area contributed by atoms with Crippen molar-refractivity contribution in [2.75, 3.05) is 4.93 Å². The molecule has 9 heavy (non-hydrogen) atoms. The van der Waals surface area contributed by atoms with Gasteiger partial charge in [-0.15, -0.1) is 0 Å². The molecule has 0 spiro atoms. The van der Waals surface area contributed by atoms with Crippen molar-refractivity contribution in [3.63, 3.8) is 0 Å². The van der Waals surface area contributed by atoms with Gasteiger partial charge in [-0.05, 0) is 0 Å². The quantitative estimate of drug-likeness (QED) is 0.426. The topological polar surface area (TPSA) is 0 Å². The molecule has 0 saturated heterocycles. The summed E-state index contributed by atoms with van der Waals surface area (Å²) in [6.07, 6.45) is 0. The second kappa shape index (κ2) is 3.20. The van der Waals surface area contributed by atoms with E-state index in [1.54, 1.807) is 0 Å². The van der Waals surface area contributed by atoms with Crippen molar-refractivity contribution in [2.45, 2.75) is 6.92 Å². The van der Waals surface area contributed by atoms with Gasteiger partial charge in [0.05, 0.1) is 0 Å². The number of benzene rings is 1. The van der Waals surface area contributed by atoms with Crippen molar-refractivity contribution >= 4 is 0 Å². The van der Waals surface area contributed by atoms with Gasteiger partial charge >= 0.3 is 66.5 Å². The van der Waals surface area contributed by atoms with Crippen LogP contribution in [0.1, 0.15) is 5.56 Å². The van der Waals surface area contributed by atoms with Crippen LogP contribution in [0.3, 0.4) is 0 Å². The fourth-order valence-corrected chi connectivity index (χ4v) is 1.74.